The Morgan fingerprint density at radius 3 is 2.68 bits per heavy atom. The molecule has 1 aromatic heterocycles. The molecule has 0 saturated heterocycles. The van der Waals surface area contributed by atoms with Crippen LogP contribution in [0.15, 0.2) is 42.6 Å². The zero-order valence-corrected chi connectivity index (χ0v) is 11.1. The lowest BCUT2D eigenvalue weighted by Gasteiger charge is -2.07. The second-order valence-corrected chi connectivity index (χ2v) is 4.23. The van der Waals surface area contributed by atoms with Crippen LogP contribution in [0.4, 0.5) is 5.82 Å². The lowest BCUT2D eigenvalue weighted by Crippen LogP contribution is -2.19. The van der Waals surface area contributed by atoms with Crippen LogP contribution in [0.25, 0.3) is 11.1 Å². The molecule has 0 saturated carbocycles. The third-order valence-electron chi connectivity index (χ3n) is 2.92. The molecule has 0 bridgehead atoms. The highest BCUT2D eigenvalue weighted by molar-refractivity contribution is 5.79. The van der Waals surface area contributed by atoms with E-state index in [0.29, 0.717) is 6.42 Å². The maximum atomic E-state index is 11.4. The van der Waals surface area contributed by atoms with Gasteiger partial charge in [-0.2, -0.15) is 0 Å². The summed E-state index contributed by atoms with van der Waals surface area (Å²) in [4.78, 5) is 15.6. The first-order chi connectivity index (χ1) is 9.22. The quantitative estimate of drug-likeness (QED) is 0.879. The van der Waals surface area contributed by atoms with Crippen LogP contribution in [0.1, 0.15) is 5.56 Å². The Hall–Kier alpha value is -2.36. The molecule has 0 spiro atoms. The van der Waals surface area contributed by atoms with Crippen molar-refractivity contribution in [2.24, 2.45) is 0 Å². The number of rotatable bonds is 4. The van der Waals surface area contributed by atoms with E-state index in [0.717, 1.165) is 22.5 Å². The first-order valence-corrected chi connectivity index (χ1v) is 6.16. The molecule has 0 fully saturated rings. The zero-order valence-electron chi connectivity index (χ0n) is 11.1. The van der Waals surface area contributed by atoms with Gasteiger partial charge in [-0.25, -0.2) is 4.98 Å². The Morgan fingerprint density at radius 2 is 1.95 bits per heavy atom. The fourth-order valence-corrected chi connectivity index (χ4v) is 1.88. The minimum Gasteiger partial charge on any atom is -0.373 e. The fraction of sp³-hybridized carbons (Fsp3) is 0.200. The first-order valence-electron chi connectivity index (χ1n) is 6.16. The number of amides is 1. The van der Waals surface area contributed by atoms with Gasteiger partial charge in [-0.1, -0.05) is 24.3 Å². The predicted octanol–water partition coefficient (Wildman–Crippen LogP) is 2.08. The van der Waals surface area contributed by atoms with Gasteiger partial charge in [-0.05, 0) is 28.8 Å². The van der Waals surface area contributed by atoms with Crippen molar-refractivity contribution in [2.75, 3.05) is 19.4 Å². The molecule has 19 heavy (non-hydrogen) atoms. The van der Waals surface area contributed by atoms with Crippen molar-refractivity contribution in [1.29, 1.82) is 0 Å². The maximum absolute atomic E-state index is 11.4. The Morgan fingerprint density at radius 1 is 1.16 bits per heavy atom. The smallest absolute Gasteiger partial charge is 0.224 e. The number of nitrogens with one attached hydrogen (secondary N) is 2. The van der Waals surface area contributed by atoms with Crippen molar-refractivity contribution in [3.8, 4) is 11.1 Å². The van der Waals surface area contributed by atoms with Gasteiger partial charge in [0, 0.05) is 20.3 Å². The molecule has 0 aliphatic heterocycles. The van der Waals surface area contributed by atoms with Gasteiger partial charge in [0.25, 0.3) is 0 Å². The second kappa shape index (κ2) is 6.00. The van der Waals surface area contributed by atoms with E-state index in [1.807, 2.05) is 43.4 Å². The van der Waals surface area contributed by atoms with E-state index in [1.165, 1.54) is 0 Å². The van der Waals surface area contributed by atoms with Gasteiger partial charge in [0.2, 0.25) is 5.91 Å². The van der Waals surface area contributed by atoms with Crippen LogP contribution in [0, 0.1) is 0 Å². The van der Waals surface area contributed by atoms with Crippen LogP contribution in [0.5, 0.6) is 0 Å². The number of anilines is 1. The summed E-state index contributed by atoms with van der Waals surface area (Å²) in [6, 6.07) is 11.9. The van der Waals surface area contributed by atoms with E-state index < -0.39 is 0 Å². The molecule has 98 valence electrons. The average molecular weight is 255 g/mol. The number of benzene rings is 1. The Labute approximate surface area is 112 Å². The van der Waals surface area contributed by atoms with Gasteiger partial charge in [0.15, 0.2) is 0 Å². The van der Waals surface area contributed by atoms with Gasteiger partial charge in [0.05, 0.1) is 6.42 Å². The summed E-state index contributed by atoms with van der Waals surface area (Å²) in [5, 5.41) is 5.65. The van der Waals surface area contributed by atoms with Crippen molar-refractivity contribution >= 4 is 11.7 Å². The van der Waals surface area contributed by atoms with Crippen LogP contribution in [-0.4, -0.2) is 25.0 Å². The number of likely N-dealkylation sites (N-methyl/N-ethyl adjacent to an activating group) is 1. The van der Waals surface area contributed by atoms with Crippen LogP contribution in [-0.2, 0) is 11.2 Å². The van der Waals surface area contributed by atoms with Crippen LogP contribution in [0.2, 0.25) is 0 Å². The van der Waals surface area contributed by atoms with Gasteiger partial charge < -0.3 is 10.6 Å². The molecule has 0 aliphatic rings. The van der Waals surface area contributed by atoms with Gasteiger partial charge in [-0.15, -0.1) is 0 Å². The van der Waals surface area contributed by atoms with E-state index in [1.54, 1.807) is 13.2 Å². The van der Waals surface area contributed by atoms with Gasteiger partial charge in [0.1, 0.15) is 5.82 Å². The molecule has 1 heterocycles. The van der Waals surface area contributed by atoms with Crippen LogP contribution >= 0.6 is 0 Å². The summed E-state index contributed by atoms with van der Waals surface area (Å²) in [5.41, 5.74) is 3.16. The molecule has 1 aromatic carbocycles. The second-order valence-electron chi connectivity index (χ2n) is 4.23. The largest absolute Gasteiger partial charge is 0.373 e. The standard InChI is InChI=1S/C15H17N3O/c1-16-14-10-13(6-7-18-14)12-5-3-4-11(8-12)9-15(19)17-2/h3-8,10H,9H2,1-2H3,(H,16,18)(H,17,19). The molecular weight excluding hydrogens is 238 g/mol. The van der Waals surface area contributed by atoms with E-state index in [2.05, 4.69) is 15.6 Å². The van der Waals surface area contributed by atoms with Gasteiger partial charge in [-0.3, -0.25) is 4.79 Å². The zero-order chi connectivity index (χ0) is 13.7. The van der Waals surface area contributed by atoms with Crippen molar-refractivity contribution in [3.63, 3.8) is 0 Å². The van der Waals surface area contributed by atoms with Crippen molar-refractivity contribution < 1.29 is 4.79 Å². The molecule has 0 atom stereocenters. The minimum atomic E-state index is 0.0165. The number of hydrogen-bond donors (Lipinski definition) is 2. The Balaban J connectivity index is 2.29. The monoisotopic (exact) mass is 255 g/mol. The number of aromatic nitrogens is 1. The maximum Gasteiger partial charge on any atom is 0.224 e. The Bertz CT molecular complexity index is 581. The molecule has 2 aromatic rings. The van der Waals surface area contributed by atoms with E-state index >= 15 is 0 Å². The highest BCUT2D eigenvalue weighted by Crippen LogP contribution is 2.22. The molecule has 4 nitrogen and oxygen atoms in total. The Kier molecular flexibility index (Phi) is 4.13. The lowest BCUT2D eigenvalue weighted by atomic mass is 10.0. The molecule has 0 radical (unpaired) electrons. The average Bonchev–Trinajstić information content (AvgIpc) is 2.47. The molecule has 2 N–H and O–H groups in total. The third kappa shape index (κ3) is 3.31. The summed E-state index contributed by atoms with van der Waals surface area (Å²) in [6.07, 6.45) is 2.17. The first kappa shape index (κ1) is 13.1. The summed E-state index contributed by atoms with van der Waals surface area (Å²) >= 11 is 0. The summed E-state index contributed by atoms with van der Waals surface area (Å²) in [6.45, 7) is 0. The topological polar surface area (TPSA) is 54.0 Å². The summed E-state index contributed by atoms with van der Waals surface area (Å²) in [5.74, 6) is 0.844. The number of carbonyl (C=O) groups is 1. The van der Waals surface area contributed by atoms with Crippen molar-refractivity contribution in [1.82, 2.24) is 10.3 Å². The number of hydrogen-bond acceptors (Lipinski definition) is 3. The molecule has 0 unspecified atom stereocenters. The summed E-state index contributed by atoms with van der Waals surface area (Å²) in [7, 11) is 3.49. The number of carbonyl (C=O) groups excluding carboxylic acids is 1. The van der Waals surface area contributed by atoms with Crippen LogP contribution in [0.3, 0.4) is 0 Å². The minimum absolute atomic E-state index is 0.0165. The highest BCUT2D eigenvalue weighted by Gasteiger charge is 2.04. The fourth-order valence-electron chi connectivity index (χ4n) is 1.88. The number of nitrogens with zero attached hydrogens (tertiary/aromatic N) is 1. The van der Waals surface area contributed by atoms with E-state index in [-0.39, 0.29) is 5.91 Å². The predicted molar refractivity (Wildman–Crippen MR) is 77.0 cm³/mol. The number of pyridine rings is 1. The van der Waals surface area contributed by atoms with Crippen molar-refractivity contribution in [2.45, 2.75) is 6.42 Å². The van der Waals surface area contributed by atoms with Gasteiger partial charge >= 0.3 is 0 Å². The molecule has 4 heteroatoms. The molecule has 2 rings (SSSR count). The SMILES string of the molecule is CNC(=O)Cc1cccc(-c2ccnc(NC)c2)c1. The van der Waals surface area contributed by atoms with Crippen LogP contribution < -0.4 is 10.6 Å². The van der Waals surface area contributed by atoms with E-state index in [4.69, 9.17) is 0 Å². The summed E-state index contributed by atoms with van der Waals surface area (Å²) < 4.78 is 0. The normalized spacial score (nSPS) is 10.0. The molecular formula is C15H17N3O. The molecule has 1 amide bonds. The van der Waals surface area contributed by atoms with Crippen molar-refractivity contribution in [3.05, 3.63) is 48.2 Å². The third-order valence-corrected chi connectivity index (χ3v) is 2.92. The lowest BCUT2D eigenvalue weighted by molar-refractivity contribution is -0.119. The van der Waals surface area contributed by atoms with E-state index in [9.17, 15) is 4.79 Å². The highest BCUT2D eigenvalue weighted by atomic mass is 16.1. The molecule has 0 aliphatic carbocycles.